The summed E-state index contributed by atoms with van der Waals surface area (Å²) in [5, 5.41) is 26.5. The van der Waals surface area contributed by atoms with Crippen molar-refractivity contribution >= 4 is 17.8 Å². The number of carbonyl (C=O) groups excluding carboxylic acids is 1. The number of rotatable bonds is 7. The summed E-state index contributed by atoms with van der Waals surface area (Å²) in [5.74, 6) is -0.739. The minimum Gasteiger partial charge on any atom is -0.865 e. The van der Waals surface area contributed by atoms with Crippen molar-refractivity contribution in [3.05, 3.63) is 51.6 Å². The first-order valence-electron chi connectivity index (χ1n) is 7.49. The van der Waals surface area contributed by atoms with Crippen LogP contribution in [0.3, 0.4) is 0 Å². The van der Waals surface area contributed by atoms with Gasteiger partial charge in [-0.1, -0.05) is 0 Å². The van der Waals surface area contributed by atoms with Crippen molar-refractivity contribution < 1.29 is 29.0 Å². The van der Waals surface area contributed by atoms with E-state index < -0.39 is 22.3 Å². The van der Waals surface area contributed by atoms with Gasteiger partial charge in [0.25, 0.3) is 11.6 Å². The molecule has 0 fully saturated rings. The Hall–Kier alpha value is -3.82. The van der Waals surface area contributed by atoms with E-state index in [0.717, 1.165) is 12.3 Å². The van der Waals surface area contributed by atoms with Gasteiger partial charge in [0.1, 0.15) is 17.2 Å². The number of ether oxygens (including phenoxy) is 3. The molecule has 2 aromatic carbocycles. The Labute approximate surface area is 154 Å². The van der Waals surface area contributed by atoms with E-state index in [1.165, 1.54) is 39.5 Å². The van der Waals surface area contributed by atoms with E-state index in [-0.39, 0.29) is 16.9 Å². The lowest BCUT2D eigenvalue weighted by atomic mass is 10.2. The van der Waals surface area contributed by atoms with Crippen LogP contribution in [-0.4, -0.2) is 38.4 Å². The number of hydrogen-bond acceptors (Lipinski definition) is 8. The summed E-state index contributed by atoms with van der Waals surface area (Å²) in [6.07, 6.45) is 1.16. The minimum atomic E-state index is -0.841. The number of nitrogens with one attached hydrogen (secondary N) is 1. The number of hydrazone groups is 1. The fourth-order valence-electron chi connectivity index (χ4n) is 2.14. The van der Waals surface area contributed by atoms with E-state index >= 15 is 0 Å². The van der Waals surface area contributed by atoms with Crippen LogP contribution in [0.25, 0.3) is 0 Å². The molecule has 2 aromatic rings. The molecule has 0 saturated carbocycles. The Balaban J connectivity index is 2.21. The molecular formula is C17H16N3O7-. The molecule has 0 aliphatic carbocycles. The van der Waals surface area contributed by atoms with Crippen molar-refractivity contribution in [2.75, 3.05) is 21.3 Å². The SMILES string of the molecule is COc1cc(OC)cc(C(=O)N/N=C\c2cc(OC)c([O-])c([N+](=O)[O-])c2)c1. The van der Waals surface area contributed by atoms with Crippen LogP contribution in [0.15, 0.2) is 35.4 Å². The monoisotopic (exact) mass is 374 g/mol. The van der Waals surface area contributed by atoms with E-state index in [4.69, 9.17) is 14.2 Å². The molecular weight excluding hydrogens is 358 g/mol. The maximum Gasteiger partial charge on any atom is 0.271 e. The van der Waals surface area contributed by atoms with E-state index in [1.807, 2.05) is 0 Å². The van der Waals surface area contributed by atoms with Crippen LogP contribution in [-0.2, 0) is 0 Å². The second-order valence-electron chi connectivity index (χ2n) is 5.13. The molecule has 142 valence electrons. The fourth-order valence-corrected chi connectivity index (χ4v) is 2.14. The van der Waals surface area contributed by atoms with Crippen LogP contribution in [0.1, 0.15) is 15.9 Å². The third-order valence-electron chi connectivity index (χ3n) is 3.47. The van der Waals surface area contributed by atoms with Crippen molar-refractivity contribution in [1.29, 1.82) is 0 Å². The van der Waals surface area contributed by atoms with Gasteiger partial charge in [-0.05, 0) is 18.2 Å². The summed E-state index contributed by atoms with van der Waals surface area (Å²) in [6, 6.07) is 6.91. The molecule has 0 aliphatic heterocycles. The van der Waals surface area contributed by atoms with Gasteiger partial charge in [0.05, 0.1) is 32.5 Å². The van der Waals surface area contributed by atoms with Gasteiger partial charge in [-0.25, -0.2) is 5.43 Å². The summed E-state index contributed by atoms with van der Waals surface area (Å²) in [7, 11) is 4.13. The number of nitro benzene ring substituents is 1. The first-order chi connectivity index (χ1) is 12.9. The lowest BCUT2D eigenvalue weighted by Crippen LogP contribution is -2.17. The van der Waals surface area contributed by atoms with E-state index in [2.05, 4.69) is 10.5 Å². The van der Waals surface area contributed by atoms with Crippen molar-refractivity contribution in [1.82, 2.24) is 5.43 Å². The zero-order valence-corrected chi connectivity index (χ0v) is 14.7. The normalized spacial score (nSPS) is 10.5. The smallest absolute Gasteiger partial charge is 0.271 e. The van der Waals surface area contributed by atoms with Crippen LogP contribution >= 0.6 is 0 Å². The van der Waals surface area contributed by atoms with Gasteiger partial charge in [-0.3, -0.25) is 14.9 Å². The third kappa shape index (κ3) is 4.63. The van der Waals surface area contributed by atoms with E-state index in [9.17, 15) is 20.0 Å². The zero-order chi connectivity index (χ0) is 20.0. The molecule has 0 saturated heterocycles. The van der Waals surface area contributed by atoms with Crippen molar-refractivity contribution in [2.45, 2.75) is 0 Å². The predicted octanol–water partition coefficient (Wildman–Crippen LogP) is 1.46. The molecule has 0 aromatic heterocycles. The molecule has 0 unspecified atom stereocenters. The number of hydrogen-bond donors (Lipinski definition) is 1. The molecule has 0 spiro atoms. The summed E-state index contributed by atoms with van der Waals surface area (Å²) >= 11 is 0. The first kappa shape index (κ1) is 19.5. The van der Waals surface area contributed by atoms with Gasteiger partial charge in [0, 0.05) is 29.0 Å². The topological polar surface area (TPSA) is 135 Å². The summed E-state index contributed by atoms with van der Waals surface area (Å²) < 4.78 is 15.0. The van der Waals surface area contributed by atoms with Crippen molar-refractivity contribution in [2.24, 2.45) is 5.10 Å². The van der Waals surface area contributed by atoms with Gasteiger partial charge in [0.2, 0.25) is 0 Å². The highest BCUT2D eigenvalue weighted by Crippen LogP contribution is 2.33. The van der Waals surface area contributed by atoms with Crippen LogP contribution in [0.2, 0.25) is 0 Å². The molecule has 27 heavy (non-hydrogen) atoms. The van der Waals surface area contributed by atoms with Crippen LogP contribution in [0.5, 0.6) is 23.0 Å². The number of benzene rings is 2. The molecule has 0 radical (unpaired) electrons. The molecule has 0 heterocycles. The second kappa shape index (κ2) is 8.52. The summed E-state index contributed by atoms with van der Waals surface area (Å²) in [6.45, 7) is 0. The molecule has 0 atom stereocenters. The largest absolute Gasteiger partial charge is 0.865 e. The lowest BCUT2D eigenvalue weighted by Gasteiger charge is -2.13. The molecule has 2 rings (SSSR count). The molecule has 10 heteroatoms. The number of amides is 1. The average molecular weight is 374 g/mol. The van der Waals surface area contributed by atoms with E-state index in [1.54, 1.807) is 6.07 Å². The Kier molecular flexibility index (Phi) is 6.15. The van der Waals surface area contributed by atoms with Gasteiger partial charge >= 0.3 is 0 Å². The van der Waals surface area contributed by atoms with Crippen molar-refractivity contribution in [3.63, 3.8) is 0 Å². The lowest BCUT2D eigenvalue weighted by molar-refractivity contribution is -0.398. The van der Waals surface area contributed by atoms with Gasteiger partial charge < -0.3 is 19.3 Å². The molecule has 1 amide bonds. The maximum absolute atomic E-state index is 12.2. The van der Waals surface area contributed by atoms with Crippen LogP contribution in [0, 0.1) is 10.1 Å². The predicted molar refractivity (Wildman–Crippen MR) is 93.7 cm³/mol. The van der Waals surface area contributed by atoms with E-state index in [0.29, 0.717) is 11.5 Å². The Bertz CT molecular complexity index is 874. The summed E-state index contributed by atoms with van der Waals surface area (Å²) in [4.78, 5) is 22.3. The maximum atomic E-state index is 12.2. The van der Waals surface area contributed by atoms with Gasteiger partial charge in [-0.2, -0.15) is 5.10 Å². The minimum absolute atomic E-state index is 0.200. The highest BCUT2D eigenvalue weighted by molar-refractivity contribution is 5.95. The number of methoxy groups -OCH3 is 3. The number of nitrogens with zero attached hydrogens (tertiary/aromatic N) is 2. The summed E-state index contributed by atoms with van der Waals surface area (Å²) in [5.41, 5.74) is 2.08. The van der Waals surface area contributed by atoms with Crippen LogP contribution in [0.4, 0.5) is 5.69 Å². The van der Waals surface area contributed by atoms with Gasteiger partial charge in [-0.15, -0.1) is 0 Å². The Morgan fingerprint density at radius 1 is 1.07 bits per heavy atom. The Morgan fingerprint density at radius 2 is 1.70 bits per heavy atom. The average Bonchev–Trinajstić information content (AvgIpc) is 2.67. The molecule has 0 aliphatic rings. The number of nitro groups is 1. The quantitative estimate of drug-likeness (QED) is 0.440. The molecule has 1 N–H and O–H groups in total. The number of carbonyl (C=O) groups is 1. The standard InChI is InChI=1S/C17H17N3O7/c1-25-12-6-11(7-13(8-12)26-2)17(22)19-18-9-10-4-14(20(23)24)16(21)15(5-10)27-3/h4-9,21H,1-3H3,(H,19,22)/p-1/b18-9-. The van der Waals surface area contributed by atoms with Gasteiger partial charge in [0.15, 0.2) is 0 Å². The molecule has 10 nitrogen and oxygen atoms in total. The van der Waals surface area contributed by atoms with Crippen molar-refractivity contribution in [3.8, 4) is 23.0 Å². The fraction of sp³-hybridized carbons (Fsp3) is 0.176. The molecule has 0 bridgehead atoms. The first-order valence-corrected chi connectivity index (χ1v) is 7.49. The second-order valence-corrected chi connectivity index (χ2v) is 5.13. The van der Waals surface area contributed by atoms with Crippen LogP contribution < -0.4 is 24.7 Å². The highest BCUT2D eigenvalue weighted by Gasteiger charge is 2.13. The third-order valence-corrected chi connectivity index (χ3v) is 3.47. The zero-order valence-electron chi connectivity index (χ0n) is 14.7. The highest BCUT2D eigenvalue weighted by atomic mass is 16.6. The Morgan fingerprint density at radius 3 is 2.22 bits per heavy atom.